The van der Waals surface area contributed by atoms with Gasteiger partial charge in [-0.05, 0) is 25.0 Å². The molecule has 0 aliphatic carbocycles. The molecule has 92 valence electrons. The second-order valence-corrected chi connectivity index (χ2v) is 5.35. The molecule has 1 aliphatic rings. The summed E-state index contributed by atoms with van der Waals surface area (Å²) >= 11 is 1.62. The lowest BCUT2D eigenvalue weighted by atomic mass is 9.82. The zero-order valence-electron chi connectivity index (χ0n) is 9.59. The first-order valence-electron chi connectivity index (χ1n) is 5.72. The summed E-state index contributed by atoms with van der Waals surface area (Å²) in [6.07, 6.45) is 1.23. The molecule has 0 unspecified atom stereocenters. The zero-order chi connectivity index (χ0) is 12.1. The van der Waals surface area contributed by atoms with Crippen LogP contribution in [0.5, 0.6) is 0 Å². The van der Waals surface area contributed by atoms with E-state index in [1.165, 1.54) is 0 Å². The van der Waals surface area contributed by atoms with Gasteiger partial charge in [-0.25, -0.2) is 0 Å². The summed E-state index contributed by atoms with van der Waals surface area (Å²) in [7, 11) is 0. The number of hydrogen-bond donors (Lipinski definition) is 1. The summed E-state index contributed by atoms with van der Waals surface area (Å²) in [6, 6.07) is 9.93. The Balaban J connectivity index is 2.01. The van der Waals surface area contributed by atoms with Crippen LogP contribution in [0.3, 0.4) is 0 Å². The average molecular weight is 252 g/mol. The van der Waals surface area contributed by atoms with Gasteiger partial charge in [0.2, 0.25) is 0 Å². The molecule has 1 aliphatic heterocycles. The number of carbonyl (C=O) groups is 1. The summed E-state index contributed by atoms with van der Waals surface area (Å²) in [4.78, 5) is 12.6. The predicted molar refractivity (Wildman–Crippen MR) is 67.3 cm³/mol. The van der Waals surface area contributed by atoms with Crippen molar-refractivity contribution in [3.63, 3.8) is 0 Å². The zero-order valence-corrected chi connectivity index (χ0v) is 10.4. The Kier molecular flexibility index (Phi) is 4.07. The van der Waals surface area contributed by atoms with Crippen molar-refractivity contribution in [3.05, 3.63) is 30.3 Å². The van der Waals surface area contributed by atoms with Crippen LogP contribution in [-0.4, -0.2) is 30.0 Å². The summed E-state index contributed by atoms with van der Waals surface area (Å²) < 4.78 is 5.25. The molecule has 1 aromatic carbocycles. The molecule has 1 heterocycles. The fourth-order valence-electron chi connectivity index (χ4n) is 1.92. The minimum atomic E-state index is -0.691. The molecule has 0 spiro atoms. The van der Waals surface area contributed by atoms with E-state index in [1.807, 2.05) is 30.3 Å². The average Bonchev–Trinajstić information content (AvgIpc) is 2.38. The molecular weight excluding hydrogens is 236 g/mol. The first kappa shape index (κ1) is 12.5. The quantitative estimate of drug-likeness (QED) is 0.837. The van der Waals surface area contributed by atoms with Crippen LogP contribution >= 0.6 is 11.8 Å². The molecule has 0 radical (unpaired) electrons. The van der Waals surface area contributed by atoms with Crippen molar-refractivity contribution < 1.29 is 14.6 Å². The Bertz CT molecular complexity index is 372. The van der Waals surface area contributed by atoms with E-state index < -0.39 is 11.4 Å². The normalized spacial score (nSPS) is 18.8. The third-order valence-electron chi connectivity index (χ3n) is 3.16. The fourth-order valence-corrected chi connectivity index (χ4v) is 3.12. The van der Waals surface area contributed by atoms with Crippen LogP contribution < -0.4 is 0 Å². The van der Waals surface area contributed by atoms with E-state index in [-0.39, 0.29) is 0 Å². The van der Waals surface area contributed by atoms with Gasteiger partial charge in [-0.1, -0.05) is 18.2 Å². The highest BCUT2D eigenvalue weighted by molar-refractivity contribution is 7.99. The smallest absolute Gasteiger partial charge is 0.310 e. The lowest BCUT2D eigenvalue weighted by Crippen LogP contribution is -2.39. The number of thioether (sulfide) groups is 1. The molecule has 1 saturated heterocycles. The summed E-state index contributed by atoms with van der Waals surface area (Å²) in [5.41, 5.74) is -0.612. The molecule has 1 N–H and O–H groups in total. The van der Waals surface area contributed by atoms with Crippen molar-refractivity contribution in [2.45, 2.75) is 17.7 Å². The second kappa shape index (κ2) is 5.56. The van der Waals surface area contributed by atoms with E-state index in [0.29, 0.717) is 31.8 Å². The molecular formula is C13H16O3S. The molecule has 17 heavy (non-hydrogen) atoms. The predicted octanol–water partition coefficient (Wildman–Crippen LogP) is 2.66. The van der Waals surface area contributed by atoms with Crippen LogP contribution in [-0.2, 0) is 9.53 Å². The molecule has 0 atom stereocenters. The third-order valence-corrected chi connectivity index (χ3v) is 4.46. The maximum Gasteiger partial charge on any atom is 0.310 e. The van der Waals surface area contributed by atoms with Crippen molar-refractivity contribution in [3.8, 4) is 0 Å². The van der Waals surface area contributed by atoms with Crippen LogP contribution in [0.25, 0.3) is 0 Å². The van der Waals surface area contributed by atoms with Gasteiger partial charge in [0.15, 0.2) is 0 Å². The molecule has 4 heteroatoms. The number of carboxylic acids is 1. The van der Waals surface area contributed by atoms with Crippen LogP contribution in [0.2, 0.25) is 0 Å². The highest BCUT2D eigenvalue weighted by Gasteiger charge is 2.40. The van der Waals surface area contributed by atoms with E-state index in [2.05, 4.69) is 0 Å². The Hall–Kier alpha value is -1.00. The molecule has 0 aromatic heterocycles. The molecule has 3 nitrogen and oxygen atoms in total. The van der Waals surface area contributed by atoms with Crippen LogP contribution in [0.15, 0.2) is 35.2 Å². The van der Waals surface area contributed by atoms with Crippen LogP contribution in [0.4, 0.5) is 0 Å². The first-order valence-corrected chi connectivity index (χ1v) is 6.70. The minimum Gasteiger partial charge on any atom is -0.481 e. The van der Waals surface area contributed by atoms with Crippen molar-refractivity contribution in [2.24, 2.45) is 5.41 Å². The van der Waals surface area contributed by atoms with Crippen molar-refractivity contribution >= 4 is 17.7 Å². The van der Waals surface area contributed by atoms with Gasteiger partial charge in [0, 0.05) is 23.9 Å². The third kappa shape index (κ3) is 3.01. The minimum absolute atomic E-state index is 0.557. The lowest BCUT2D eigenvalue weighted by molar-refractivity contribution is -0.152. The molecule has 1 aromatic rings. The number of ether oxygens (including phenoxy) is 1. The monoisotopic (exact) mass is 252 g/mol. The Labute approximate surface area is 105 Å². The number of aliphatic carboxylic acids is 1. The lowest BCUT2D eigenvalue weighted by Gasteiger charge is -2.32. The van der Waals surface area contributed by atoms with Gasteiger partial charge < -0.3 is 9.84 Å². The fraction of sp³-hybridized carbons (Fsp3) is 0.462. The number of carboxylic acid groups (broad SMARTS) is 1. The number of rotatable bonds is 4. The molecule has 0 amide bonds. The van der Waals surface area contributed by atoms with Gasteiger partial charge >= 0.3 is 5.97 Å². The highest BCUT2D eigenvalue weighted by Crippen LogP contribution is 2.36. The van der Waals surface area contributed by atoms with E-state index >= 15 is 0 Å². The van der Waals surface area contributed by atoms with Gasteiger partial charge in [0.25, 0.3) is 0 Å². The maximum atomic E-state index is 11.4. The first-order chi connectivity index (χ1) is 8.23. The molecule has 0 bridgehead atoms. The van der Waals surface area contributed by atoms with E-state index in [1.54, 1.807) is 11.8 Å². The summed E-state index contributed by atoms with van der Waals surface area (Å²) in [6.45, 7) is 1.11. The van der Waals surface area contributed by atoms with E-state index in [9.17, 15) is 9.90 Å². The largest absolute Gasteiger partial charge is 0.481 e. The van der Waals surface area contributed by atoms with Gasteiger partial charge in [0.05, 0.1) is 5.41 Å². The van der Waals surface area contributed by atoms with Gasteiger partial charge in [-0.3, -0.25) is 4.79 Å². The number of benzene rings is 1. The maximum absolute atomic E-state index is 11.4. The standard InChI is InChI=1S/C13H16O3S/c14-12(15)13(6-8-16-9-7-13)10-17-11-4-2-1-3-5-11/h1-5H,6-10H2,(H,14,15). The van der Waals surface area contributed by atoms with Crippen molar-refractivity contribution in [1.82, 2.24) is 0 Å². The van der Waals surface area contributed by atoms with Gasteiger partial charge in [-0.15, -0.1) is 11.8 Å². The Morgan fingerprint density at radius 3 is 2.53 bits per heavy atom. The Morgan fingerprint density at radius 1 is 1.29 bits per heavy atom. The van der Waals surface area contributed by atoms with Crippen LogP contribution in [0, 0.1) is 5.41 Å². The molecule has 1 fully saturated rings. The number of hydrogen-bond acceptors (Lipinski definition) is 3. The molecule has 0 saturated carbocycles. The van der Waals surface area contributed by atoms with E-state index in [0.717, 1.165) is 4.90 Å². The topological polar surface area (TPSA) is 46.5 Å². The summed E-state index contributed by atoms with van der Waals surface area (Å²) in [5, 5.41) is 9.40. The van der Waals surface area contributed by atoms with Gasteiger partial charge in [-0.2, -0.15) is 0 Å². The summed E-state index contributed by atoms with van der Waals surface area (Å²) in [5.74, 6) is -0.0698. The van der Waals surface area contributed by atoms with Crippen molar-refractivity contribution in [1.29, 1.82) is 0 Å². The van der Waals surface area contributed by atoms with E-state index in [4.69, 9.17) is 4.74 Å². The SMILES string of the molecule is O=C(O)C1(CSc2ccccc2)CCOCC1. The van der Waals surface area contributed by atoms with Crippen molar-refractivity contribution in [2.75, 3.05) is 19.0 Å². The van der Waals surface area contributed by atoms with Crippen LogP contribution in [0.1, 0.15) is 12.8 Å². The molecule has 2 rings (SSSR count). The second-order valence-electron chi connectivity index (χ2n) is 4.30. The highest BCUT2D eigenvalue weighted by atomic mass is 32.2. The Morgan fingerprint density at radius 2 is 1.94 bits per heavy atom. The van der Waals surface area contributed by atoms with Gasteiger partial charge in [0.1, 0.15) is 0 Å².